The van der Waals surface area contributed by atoms with Gasteiger partial charge in [0.15, 0.2) is 5.78 Å². The van der Waals surface area contributed by atoms with Crippen molar-refractivity contribution in [3.05, 3.63) is 70.7 Å². The average Bonchev–Trinajstić information content (AvgIpc) is 3.20. The fraction of sp³-hybridized carbons (Fsp3) is 0.188. The zero-order valence-electron chi connectivity index (χ0n) is 9.84. The number of Topliss-reactive ketones (excluding diaryl/α,β-unsaturated/α-hetero) is 1. The van der Waals surface area contributed by atoms with Crippen LogP contribution < -0.4 is 0 Å². The van der Waals surface area contributed by atoms with E-state index in [9.17, 15) is 4.79 Å². The van der Waals surface area contributed by atoms with Gasteiger partial charge >= 0.3 is 0 Å². The molecular weight excluding hydrogens is 244 g/mol. The number of ketones is 1. The van der Waals surface area contributed by atoms with Crippen molar-refractivity contribution < 1.29 is 4.79 Å². The van der Waals surface area contributed by atoms with E-state index in [1.54, 1.807) is 0 Å². The molecule has 0 aromatic heterocycles. The summed E-state index contributed by atoms with van der Waals surface area (Å²) in [5.41, 5.74) is 1.91. The Morgan fingerprint density at radius 3 is 2.39 bits per heavy atom. The first-order valence-corrected chi connectivity index (χ1v) is 6.49. The van der Waals surface area contributed by atoms with Crippen molar-refractivity contribution in [1.82, 2.24) is 0 Å². The molecule has 2 aromatic rings. The Bertz CT molecular complexity index is 577. The highest BCUT2D eigenvalue weighted by Crippen LogP contribution is 2.50. The highest BCUT2D eigenvalue weighted by Gasteiger charge is 2.44. The van der Waals surface area contributed by atoms with Gasteiger partial charge in [-0.05, 0) is 24.0 Å². The molecule has 0 radical (unpaired) electrons. The second-order valence-corrected chi connectivity index (χ2v) is 5.11. The Morgan fingerprint density at radius 1 is 1.00 bits per heavy atom. The van der Waals surface area contributed by atoms with Crippen LogP contribution in [0.3, 0.4) is 0 Å². The monoisotopic (exact) mass is 256 g/mol. The van der Waals surface area contributed by atoms with E-state index in [0.29, 0.717) is 5.92 Å². The van der Waals surface area contributed by atoms with E-state index in [0.717, 1.165) is 22.6 Å². The maximum atomic E-state index is 12.3. The molecule has 1 aliphatic rings. The molecule has 0 N–H and O–H groups in total. The summed E-state index contributed by atoms with van der Waals surface area (Å²) >= 11 is 6.16. The summed E-state index contributed by atoms with van der Waals surface area (Å²) in [6, 6.07) is 17.3. The van der Waals surface area contributed by atoms with Gasteiger partial charge in [-0.25, -0.2) is 0 Å². The lowest BCUT2D eigenvalue weighted by Gasteiger charge is -2.03. The molecule has 2 atom stereocenters. The number of rotatable bonds is 3. The fourth-order valence-corrected chi connectivity index (χ4v) is 2.70. The minimum absolute atomic E-state index is 0.104. The summed E-state index contributed by atoms with van der Waals surface area (Å²) in [7, 11) is 0. The Balaban J connectivity index is 1.79. The van der Waals surface area contributed by atoms with E-state index in [4.69, 9.17) is 11.6 Å². The maximum absolute atomic E-state index is 12.3. The van der Waals surface area contributed by atoms with Crippen LogP contribution in [-0.4, -0.2) is 5.78 Å². The molecule has 1 nitrogen and oxygen atoms in total. The number of benzene rings is 2. The first-order valence-electron chi connectivity index (χ1n) is 6.11. The quantitative estimate of drug-likeness (QED) is 0.747. The van der Waals surface area contributed by atoms with Crippen LogP contribution in [0.5, 0.6) is 0 Å². The summed E-state index contributed by atoms with van der Waals surface area (Å²) in [5, 5.41) is 0.769. The molecule has 1 aliphatic carbocycles. The molecule has 2 aromatic carbocycles. The van der Waals surface area contributed by atoms with Crippen LogP contribution in [0.1, 0.15) is 28.3 Å². The van der Waals surface area contributed by atoms with Gasteiger partial charge in [0, 0.05) is 16.5 Å². The third-order valence-corrected chi connectivity index (χ3v) is 3.83. The van der Waals surface area contributed by atoms with E-state index < -0.39 is 0 Å². The molecule has 0 aliphatic heterocycles. The molecule has 0 bridgehead atoms. The van der Waals surface area contributed by atoms with Gasteiger partial charge < -0.3 is 0 Å². The van der Waals surface area contributed by atoms with Crippen molar-refractivity contribution in [2.24, 2.45) is 5.92 Å². The molecule has 0 amide bonds. The standard InChI is InChI=1S/C16H13ClO/c17-15-9-5-4-8-12(15)13-10-14(13)16(18)11-6-2-1-3-7-11/h1-9,13-14H,10H2. The van der Waals surface area contributed by atoms with Gasteiger partial charge in [0.05, 0.1) is 0 Å². The summed E-state index contributed by atoms with van der Waals surface area (Å²) < 4.78 is 0. The summed E-state index contributed by atoms with van der Waals surface area (Å²) in [6.45, 7) is 0. The van der Waals surface area contributed by atoms with Gasteiger partial charge in [-0.2, -0.15) is 0 Å². The Labute approximate surface area is 111 Å². The van der Waals surface area contributed by atoms with Gasteiger partial charge in [-0.3, -0.25) is 4.79 Å². The van der Waals surface area contributed by atoms with Gasteiger partial charge in [-0.1, -0.05) is 60.1 Å². The molecule has 1 fully saturated rings. The van der Waals surface area contributed by atoms with Crippen LogP contribution in [0, 0.1) is 5.92 Å². The second kappa shape index (κ2) is 4.58. The van der Waals surface area contributed by atoms with Crippen LogP contribution in [0.25, 0.3) is 0 Å². The predicted molar refractivity (Wildman–Crippen MR) is 73.1 cm³/mol. The number of hydrogen-bond acceptors (Lipinski definition) is 1. The molecule has 0 spiro atoms. The van der Waals surface area contributed by atoms with Crippen molar-refractivity contribution in [2.45, 2.75) is 12.3 Å². The van der Waals surface area contributed by atoms with Crippen LogP contribution in [0.4, 0.5) is 0 Å². The SMILES string of the molecule is O=C(c1ccccc1)C1CC1c1ccccc1Cl. The van der Waals surface area contributed by atoms with E-state index in [-0.39, 0.29) is 11.7 Å². The van der Waals surface area contributed by atoms with E-state index in [2.05, 4.69) is 0 Å². The molecule has 3 rings (SSSR count). The zero-order chi connectivity index (χ0) is 12.5. The highest BCUT2D eigenvalue weighted by molar-refractivity contribution is 6.31. The van der Waals surface area contributed by atoms with Crippen LogP contribution >= 0.6 is 11.6 Å². The molecule has 2 heteroatoms. The minimum Gasteiger partial charge on any atom is -0.294 e. The number of hydrogen-bond donors (Lipinski definition) is 0. The molecule has 2 unspecified atom stereocenters. The number of carbonyl (C=O) groups excluding carboxylic acids is 1. The molecule has 18 heavy (non-hydrogen) atoms. The third kappa shape index (κ3) is 2.06. The lowest BCUT2D eigenvalue weighted by molar-refractivity contribution is 0.0965. The van der Waals surface area contributed by atoms with Crippen molar-refractivity contribution in [3.63, 3.8) is 0 Å². The largest absolute Gasteiger partial charge is 0.294 e. The lowest BCUT2D eigenvalue weighted by atomic mass is 10.0. The van der Waals surface area contributed by atoms with Crippen molar-refractivity contribution in [2.75, 3.05) is 0 Å². The van der Waals surface area contributed by atoms with Crippen LogP contribution in [0.15, 0.2) is 54.6 Å². The van der Waals surface area contributed by atoms with Gasteiger partial charge in [0.1, 0.15) is 0 Å². The molecule has 1 saturated carbocycles. The number of carbonyl (C=O) groups is 1. The topological polar surface area (TPSA) is 17.1 Å². The Hall–Kier alpha value is -1.60. The normalized spacial score (nSPS) is 21.6. The van der Waals surface area contributed by atoms with Crippen molar-refractivity contribution >= 4 is 17.4 Å². The summed E-state index contributed by atoms with van der Waals surface area (Å²) in [6.07, 6.45) is 0.914. The van der Waals surface area contributed by atoms with E-state index in [1.165, 1.54) is 0 Å². The second-order valence-electron chi connectivity index (χ2n) is 4.70. The molecular formula is C16H13ClO. The molecule has 0 saturated heterocycles. The first-order chi connectivity index (χ1) is 8.77. The third-order valence-electron chi connectivity index (χ3n) is 3.49. The summed E-state index contributed by atoms with van der Waals surface area (Å²) in [5.74, 6) is 0.638. The predicted octanol–water partition coefficient (Wildman–Crippen LogP) is 4.33. The smallest absolute Gasteiger partial charge is 0.166 e. The van der Waals surface area contributed by atoms with Crippen molar-refractivity contribution in [3.8, 4) is 0 Å². The maximum Gasteiger partial charge on any atom is 0.166 e. The highest BCUT2D eigenvalue weighted by atomic mass is 35.5. The van der Waals surface area contributed by atoms with E-state index in [1.807, 2.05) is 54.6 Å². The first kappa shape index (κ1) is 11.5. The van der Waals surface area contributed by atoms with Crippen LogP contribution in [0.2, 0.25) is 5.02 Å². The van der Waals surface area contributed by atoms with Gasteiger partial charge in [-0.15, -0.1) is 0 Å². The lowest BCUT2D eigenvalue weighted by Crippen LogP contribution is -2.02. The van der Waals surface area contributed by atoms with Crippen molar-refractivity contribution in [1.29, 1.82) is 0 Å². The zero-order valence-corrected chi connectivity index (χ0v) is 10.6. The van der Waals surface area contributed by atoms with Crippen LogP contribution in [-0.2, 0) is 0 Å². The summed E-state index contributed by atoms with van der Waals surface area (Å²) in [4.78, 5) is 12.3. The van der Waals surface area contributed by atoms with Gasteiger partial charge in [0.2, 0.25) is 0 Å². The minimum atomic E-state index is 0.104. The molecule has 0 heterocycles. The van der Waals surface area contributed by atoms with E-state index >= 15 is 0 Å². The fourth-order valence-electron chi connectivity index (χ4n) is 2.42. The number of halogens is 1. The van der Waals surface area contributed by atoms with Gasteiger partial charge in [0.25, 0.3) is 0 Å². The molecule has 90 valence electrons. The average molecular weight is 257 g/mol. The Morgan fingerprint density at radius 2 is 1.67 bits per heavy atom. The Kier molecular flexibility index (Phi) is 2.92.